The lowest BCUT2D eigenvalue weighted by atomic mass is 10.1. The Morgan fingerprint density at radius 2 is 1.87 bits per heavy atom. The van der Waals surface area contributed by atoms with Crippen molar-refractivity contribution in [1.82, 2.24) is 0 Å². The molecule has 0 aromatic heterocycles. The Labute approximate surface area is 90.2 Å². The number of nitrogens with zero attached hydrogens (tertiary/aromatic N) is 1. The Morgan fingerprint density at radius 1 is 1.13 bits per heavy atom. The average molecular weight is 201 g/mol. The molecule has 1 amide bonds. The summed E-state index contributed by atoms with van der Waals surface area (Å²) in [7, 11) is 0. The Balaban J connectivity index is 2.27. The van der Waals surface area contributed by atoms with E-state index in [1.54, 1.807) is 0 Å². The molecule has 0 unspecified atom stereocenters. The quantitative estimate of drug-likeness (QED) is 0.640. The molecule has 15 heavy (non-hydrogen) atoms. The van der Waals surface area contributed by atoms with E-state index in [1.807, 2.05) is 35.2 Å². The van der Waals surface area contributed by atoms with Crippen molar-refractivity contribution in [3.8, 4) is 0 Å². The van der Waals surface area contributed by atoms with Gasteiger partial charge in [-0.3, -0.25) is 4.79 Å². The van der Waals surface area contributed by atoms with Crippen LogP contribution in [0.1, 0.15) is 19.3 Å². The highest BCUT2D eigenvalue weighted by atomic mass is 16.2. The fourth-order valence-corrected chi connectivity index (χ4v) is 1.86. The maximum atomic E-state index is 12.0. The van der Waals surface area contributed by atoms with Crippen molar-refractivity contribution < 1.29 is 4.79 Å². The molecule has 0 N–H and O–H groups in total. The summed E-state index contributed by atoms with van der Waals surface area (Å²) in [6.07, 6.45) is 2.95. The van der Waals surface area contributed by atoms with Crippen molar-refractivity contribution in [3.63, 3.8) is 0 Å². The van der Waals surface area contributed by atoms with Crippen LogP contribution in [0.15, 0.2) is 42.5 Å². The fraction of sp³-hybridized carbons (Fsp3) is 0.308. The van der Waals surface area contributed by atoms with Gasteiger partial charge >= 0.3 is 0 Å². The van der Waals surface area contributed by atoms with E-state index in [0.29, 0.717) is 0 Å². The van der Waals surface area contributed by atoms with Gasteiger partial charge in [0.05, 0.1) is 0 Å². The van der Waals surface area contributed by atoms with E-state index in [4.69, 9.17) is 0 Å². The largest absolute Gasteiger partial charge is 0.309 e. The zero-order valence-corrected chi connectivity index (χ0v) is 8.78. The number of benzene rings is 1. The van der Waals surface area contributed by atoms with E-state index in [9.17, 15) is 4.79 Å². The first-order chi connectivity index (χ1) is 7.29. The van der Waals surface area contributed by atoms with Crippen LogP contribution in [0.4, 0.5) is 5.69 Å². The molecule has 2 heteroatoms. The van der Waals surface area contributed by atoms with Gasteiger partial charge in [-0.25, -0.2) is 0 Å². The molecular formula is C13H15NO. The van der Waals surface area contributed by atoms with Gasteiger partial charge in [0.15, 0.2) is 0 Å². The molecule has 0 spiro atoms. The first-order valence-corrected chi connectivity index (χ1v) is 5.34. The number of hydrogen-bond donors (Lipinski definition) is 0. The molecule has 2 rings (SSSR count). The van der Waals surface area contributed by atoms with Crippen LogP contribution in [0.2, 0.25) is 0 Å². The molecule has 1 saturated heterocycles. The second-order valence-corrected chi connectivity index (χ2v) is 3.85. The Hall–Kier alpha value is -1.57. The summed E-state index contributed by atoms with van der Waals surface area (Å²) in [6, 6.07) is 9.81. The zero-order chi connectivity index (χ0) is 10.7. The second-order valence-electron chi connectivity index (χ2n) is 3.85. The maximum absolute atomic E-state index is 12.0. The molecule has 1 heterocycles. The third-order valence-electron chi connectivity index (χ3n) is 2.73. The van der Waals surface area contributed by atoms with E-state index in [0.717, 1.165) is 37.1 Å². The van der Waals surface area contributed by atoms with Crippen molar-refractivity contribution in [1.29, 1.82) is 0 Å². The van der Waals surface area contributed by atoms with Crippen LogP contribution in [-0.4, -0.2) is 12.5 Å². The third-order valence-corrected chi connectivity index (χ3v) is 2.73. The van der Waals surface area contributed by atoms with Gasteiger partial charge < -0.3 is 4.90 Å². The number of carbonyl (C=O) groups excluding carboxylic acids is 1. The number of para-hydroxylation sites is 1. The van der Waals surface area contributed by atoms with Crippen molar-refractivity contribution in [2.24, 2.45) is 0 Å². The molecule has 1 aliphatic rings. The third kappa shape index (κ3) is 2.09. The van der Waals surface area contributed by atoms with Crippen LogP contribution in [0.3, 0.4) is 0 Å². The zero-order valence-electron chi connectivity index (χ0n) is 8.78. The van der Waals surface area contributed by atoms with E-state index in [-0.39, 0.29) is 5.91 Å². The SMILES string of the molecule is C=C1CCCCN(c2ccccc2)C1=O. The standard InChI is InChI=1S/C13H15NO/c1-11-7-5-6-10-14(13(11)15)12-8-3-2-4-9-12/h2-4,8-9H,1,5-7,10H2. The summed E-state index contributed by atoms with van der Waals surface area (Å²) in [6.45, 7) is 4.65. The first kappa shape index (κ1) is 9.97. The smallest absolute Gasteiger partial charge is 0.253 e. The molecule has 0 bridgehead atoms. The number of hydrogen-bond acceptors (Lipinski definition) is 1. The summed E-state index contributed by atoms with van der Waals surface area (Å²) in [5, 5.41) is 0. The van der Waals surface area contributed by atoms with Crippen molar-refractivity contribution >= 4 is 11.6 Å². The molecule has 2 nitrogen and oxygen atoms in total. The van der Waals surface area contributed by atoms with Gasteiger partial charge in [0.25, 0.3) is 5.91 Å². The van der Waals surface area contributed by atoms with E-state index >= 15 is 0 Å². The average Bonchev–Trinajstić information content (AvgIpc) is 2.44. The Kier molecular flexibility index (Phi) is 2.86. The maximum Gasteiger partial charge on any atom is 0.253 e. The Bertz CT molecular complexity index is 369. The number of amides is 1. The molecule has 1 aromatic rings. The van der Waals surface area contributed by atoms with Crippen LogP contribution in [0, 0.1) is 0 Å². The molecule has 1 aromatic carbocycles. The minimum atomic E-state index is 0.0821. The highest BCUT2D eigenvalue weighted by Crippen LogP contribution is 2.21. The van der Waals surface area contributed by atoms with Gasteiger partial charge in [-0.05, 0) is 31.4 Å². The van der Waals surface area contributed by atoms with Crippen LogP contribution in [0.5, 0.6) is 0 Å². The number of anilines is 1. The lowest BCUT2D eigenvalue weighted by Gasteiger charge is -2.20. The molecular weight excluding hydrogens is 186 g/mol. The van der Waals surface area contributed by atoms with Gasteiger partial charge in [0.2, 0.25) is 0 Å². The highest BCUT2D eigenvalue weighted by Gasteiger charge is 2.20. The monoisotopic (exact) mass is 201 g/mol. The fourth-order valence-electron chi connectivity index (χ4n) is 1.86. The second kappa shape index (κ2) is 4.30. The molecule has 78 valence electrons. The predicted octanol–water partition coefficient (Wildman–Crippen LogP) is 2.76. The molecule has 1 fully saturated rings. The van der Waals surface area contributed by atoms with Gasteiger partial charge in [0, 0.05) is 17.8 Å². The van der Waals surface area contributed by atoms with E-state index in [1.165, 1.54) is 0 Å². The lowest BCUT2D eigenvalue weighted by Crippen LogP contribution is -2.30. The summed E-state index contributed by atoms with van der Waals surface area (Å²) >= 11 is 0. The van der Waals surface area contributed by atoms with Crippen LogP contribution in [0.25, 0.3) is 0 Å². The van der Waals surface area contributed by atoms with Gasteiger partial charge in [0.1, 0.15) is 0 Å². The molecule has 0 atom stereocenters. The van der Waals surface area contributed by atoms with Crippen LogP contribution < -0.4 is 4.90 Å². The number of carbonyl (C=O) groups is 1. The predicted molar refractivity (Wildman–Crippen MR) is 61.8 cm³/mol. The molecule has 1 aliphatic heterocycles. The Morgan fingerprint density at radius 3 is 2.60 bits per heavy atom. The molecule has 0 aliphatic carbocycles. The van der Waals surface area contributed by atoms with Gasteiger partial charge in [-0.1, -0.05) is 24.8 Å². The van der Waals surface area contributed by atoms with Crippen molar-refractivity contribution in [2.45, 2.75) is 19.3 Å². The minimum absolute atomic E-state index is 0.0821. The van der Waals surface area contributed by atoms with Crippen LogP contribution in [-0.2, 0) is 4.79 Å². The molecule has 0 saturated carbocycles. The topological polar surface area (TPSA) is 20.3 Å². The van der Waals surface area contributed by atoms with Gasteiger partial charge in [-0.15, -0.1) is 0 Å². The summed E-state index contributed by atoms with van der Waals surface area (Å²) in [4.78, 5) is 13.8. The summed E-state index contributed by atoms with van der Waals surface area (Å²) in [5.41, 5.74) is 1.71. The minimum Gasteiger partial charge on any atom is -0.309 e. The summed E-state index contributed by atoms with van der Waals surface area (Å²) in [5.74, 6) is 0.0821. The molecule has 0 radical (unpaired) electrons. The van der Waals surface area contributed by atoms with Gasteiger partial charge in [-0.2, -0.15) is 0 Å². The van der Waals surface area contributed by atoms with E-state index < -0.39 is 0 Å². The lowest BCUT2D eigenvalue weighted by molar-refractivity contribution is -0.115. The highest BCUT2D eigenvalue weighted by molar-refractivity contribution is 6.05. The van der Waals surface area contributed by atoms with E-state index in [2.05, 4.69) is 6.58 Å². The number of rotatable bonds is 1. The summed E-state index contributed by atoms with van der Waals surface area (Å²) < 4.78 is 0. The van der Waals surface area contributed by atoms with Crippen molar-refractivity contribution in [2.75, 3.05) is 11.4 Å². The first-order valence-electron chi connectivity index (χ1n) is 5.34. The van der Waals surface area contributed by atoms with Crippen molar-refractivity contribution in [3.05, 3.63) is 42.5 Å². The van der Waals surface area contributed by atoms with Crippen LogP contribution >= 0.6 is 0 Å². The normalized spacial score (nSPS) is 17.7.